The van der Waals surface area contributed by atoms with E-state index in [-0.39, 0.29) is 0 Å². The van der Waals surface area contributed by atoms with Gasteiger partial charge in [-0.15, -0.1) is 0 Å². The average Bonchev–Trinajstić information content (AvgIpc) is 2.86. The predicted octanol–water partition coefficient (Wildman–Crippen LogP) is 4.90. The molecule has 0 saturated carbocycles. The van der Waals surface area contributed by atoms with Crippen molar-refractivity contribution in [1.29, 1.82) is 0 Å². The summed E-state index contributed by atoms with van der Waals surface area (Å²) in [5.74, 6) is 1.68. The molecule has 0 radical (unpaired) electrons. The largest absolute Gasteiger partial charge is 0.486 e. The van der Waals surface area contributed by atoms with E-state index in [0.717, 1.165) is 36.6 Å². The number of hydrogen-bond donors (Lipinski definition) is 1. The number of fused-ring (bicyclic) bond motifs is 4. The topological polar surface area (TPSA) is 30.5 Å². The van der Waals surface area contributed by atoms with Gasteiger partial charge < -0.3 is 14.8 Å². The Hall–Kier alpha value is -2.94. The van der Waals surface area contributed by atoms with Gasteiger partial charge >= 0.3 is 0 Å². The first-order chi connectivity index (χ1) is 12.9. The van der Waals surface area contributed by atoms with Crippen molar-refractivity contribution in [1.82, 2.24) is 0 Å². The molecule has 3 nitrogen and oxygen atoms in total. The summed E-state index contributed by atoms with van der Waals surface area (Å²) in [5.41, 5.74) is 7.97. The second-order valence-corrected chi connectivity index (χ2v) is 6.85. The van der Waals surface area contributed by atoms with Gasteiger partial charge in [0.2, 0.25) is 0 Å². The highest BCUT2D eigenvalue weighted by Crippen LogP contribution is 2.39. The quantitative estimate of drug-likeness (QED) is 0.860. The molecule has 1 heterocycles. The van der Waals surface area contributed by atoms with Crippen LogP contribution in [0.5, 0.6) is 11.5 Å². The summed E-state index contributed by atoms with van der Waals surface area (Å²) in [7, 11) is 0. The van der Waals surface area contributed by atoms with Crippen LogP contribution >= 0.6 is 0 Å². The third-order valence-electron chi connectivity index (χ3n) is 5.12. The zero-order valence-corrected chi connectivity index (χ0v) is 14.6. The zero-order chi connectivity index (χ0) is 17.3. The van der Waals surface area contributed by atoms with E-state index in [0.29, 0.717) is 13.2 Å². The number of hydrogen-bond acceptors (Lipinski definition) is 3. The highest BCUT2D eigenvalue weighted by molar-refractivity contribution is 5.87. The van der Waals surface area contributed by atoms with E-state index in [9.17, 15) is 0 Å². The first kappa shape index (κ1) is 15.3. The molecular formula is C23H21NO2. The van der Waals surface area contributed by atoms with Crippen LogP contribution in [0.2, 0.25) is 0 Å². The van der Waals surface area contributed by atoms with Crippen LogP contribution in [-0.2, 0) is 13.0 Å². The summed E-state index contributed by atoms with van der Waals surface area (Å²) in [6.07, 6.45) is 11.0. The van der Waals surface area contributed by atoms with Gasteiger partial charge in [0, 0.05) is 12.2 Å². The van der Waals surface area contributed by atoms with Crippen molar-refractivity contribution in [2.24, 2.45) is 0 Å². The molecule has 0 amide bonds. The summed E-state index contributed by atoms with van der Waals surface area (Å²) < 4.78 is 11.3. The second kappa shape index (κ2) is 6.41. The van der Waals surface area contributed by atoms with Gasteiger partial charge in [0.05, 0.1) is 0 Å². The summed E-state index contributed by atoms with van der Waals surface area (Å²) in [6.45, 7) is 2.02. The van der Waals surface area contributed by atoms with Gasteiger partial charge in [-0.1, -0.05) is 36.4 Å². The van der Waals surface area contributed by atoms with Crippen LogP contribution in [0.4, 0.5) is 5.69 Å². The minimum absolute atomic E-state index is 0.621. The molecule has 0 spiro atoms. The molecule has 0 unspecified atom stereocenters. The first-order valence-corrected chi connectivity index (χ1v) is 9.19. The lowest BCUT2D eigenvalue weighted by atomic mass is 10.0. The minimum Gasteiger partial charge on any atom is -0.486 e. The third-order valence-corrected chi connectivity index (χ3v) is 5.12. The molecule has 0 saturated heterocycles. The fourth-order valence-electron chi connectivity index (χ4n) is 3.83. The van der Waals surface area contributed by atoms with Crippen LogP contribution in [0.25, 0.3) is 5.57 Å². The normalized spacial score (nSPS) is 16.9. The van der Waals surface area contributed by atoms with E-state index >= 15 is 0 Å². The van der Waals surface area contributed by atoms with E-state index in [4.69, 9.17) is 9.47 Å². The summed E-state index contributed by atoms with van der Waals surface area (Å²) in [6, 6.07) is 12.9. The predicted molar refractivity (Wildman–Crippen MR) is 105 cm³/mol. The number of anilines is 1. The van der Waals surface area contributed by atoms with E-state index < -0.39 is 0 Å². The lowest BCUT2D eigenvalue weighted by Gasteiger charge is -2.19. The van der Waals surface area contributed by atoms with Crippen molar-refractivity contribution >= 4 is 11.3 Å². The number of ether oxygens (including phenoxy) is 2. The molecule has 26 heavy (non-hydrogen) atoms. The molecule has 3 aliphatic rings. The zero-order valence-electron chi connectivity index (χ0n) is 14.6. The molecule has 0 fully saturated rings. The minimum atomic E-state index is 0.621. The van der Waals surface area contributed by atoms with Crippen molar-refractivity contribution in [3.8, 4) is 11.5 Å². The third kappa shape index (κ3) is 2.80. The molecule has 3 heteroatoms. The molecule has 0 bridgehead atoms. The maximum absolute atomic E-state index is 5.67. The molecule has 2 aliphatic carbocycles. The Labute approximate surface area is 153 Å². The van der Waals surface area contributed by atoms with E-state index in [1.54, 1.807) is 0 Å². The smallest absolute Gasteiger partial charge is 0.161 e. The molecule has 1 aliphatic heterocycles. The summed E-state index contributed by atoms with van der Waals surface area (Å²) >= 11 is 0. The summed E-state index contributed by atoms with van der Waals surface area (Å²) in [5, 5.41) is 3.54. The van der Waals surface area contributed by atoms with E-state index in [1.165, 1.54) is 27.8 Å². The highest BCUT2D eigenvalue weighted by atomic mass is 16.6. The van der Waals surface area contributed by atoms with Crippen molar-refractivity contribution in [3.63, 3.8) is 0 Å². The SMILES string of the molecule is C1=CCC=C2C(=C1)Cc1cc(NCc3ccc4c(c3)OCCO4)ccc12. The molecule has 5 rings (SSSR count). The highest BCUT2D eigenvalue weighted by Gasteiger charge is 2.21. The molecule has 0 atom stereocenters. The summed E-state index contributed by atoms with van der Waals surface area (Å²) in [4.78, 5) is 0. The van der Waals surface area contributed by atoms with Gasteiger partial charge in [-0.2, -0.15) is 0 Å². The van der Waals surface area contributed by atoms with Crippen molar-refractivity contribution in [3.05, 3.63) is 83.0 Å². The van der Waals surface area contributed by atoms with Gasteiger partial charge in [-0.25, -0.2) is 0 Å². The van der Waals surface area contributed by atoms with Gasteiger partial charge in [0.1, 0.15) is 13.2 Å². The molecule has 2 aromatic rings. The van der Waals surface area contributed by atoms with Crippen LogP contribution in [0.1, 0.15) is 23.1 Å². The van der Waals surface area contributed by atoms with Gasteiger partial charge in [-0.05, 0) is 64.9 Å². The Kier molecular flexibility index (Phi) is 3.78. The van der Waals surface area contributed by atoms with E-state index in [2.05, 4.69) is 60.0 Å². The lowest BCUT2D eigenvalue weighted by Crippen LogP contribution is -2.15. The van der Waals surface area contributed by atoms with Crippen LogP contribution in [0.3, 0.4) is 0 Å². The van der Waals surface area contributed by atoms with Crippen molar-refractivity contribution < 1.29 is 9.47 Å². The second-order valence-electron chi connectivity index (χ2n) is 6.85. The maximum atomic E-state index is 5.67. The Bertz CT molecular complexity index is 953. The van der Waals surface area contributed by atoms with Crippen LogP contribution in [-0.4, -0.2) is 13.2 Å². The van der Waals surface area contributed by atoms with Gasteiger partial charge in [0.25, 0.3) is 0 Å². The molecular weight excluding hydrogens is 322 g/mol. The van der Waals surface area contributed by atoms with E-state index in [1.807, 2.05) is 6.07 Å². The number of benzene rings is 2. The van der Waals surface area contributed by atoms with Crippen molar-refractivity contribution in [2.45, 2.75) is 19.4 Å². The maximum Gasteiger partial charge on any atom is 0.161 e. The number of allylic oxidation sites excluding steroid dienone is 6. The van der Waals surface area contributed by atoms with Crippen LogP contribution < -0.4 is 14.8 Å². The van der Waals surface area contributed by atoms with Gasteiger partial charge in [0.15, 0.2) is 11.5 Å². The lowest BCUT2D eigenvalue weighted by molar-refractivity contribution is 0.171. The Morgan fingerprint density at radius 1 is 0.962 bits per heavy atom. The Morgan fingerprint density at radius 3 is 2.85 bits per heavy atom. The Balaban J connectivity index is 1.33. The fourth-order valence-corrected chi connectivity index (χ4v) is 3.83. The number of nitrogens with one attached hydrogen (secondary N) is 1. The standard InChI is InChI=1S/C23H21NO2/c1-2-4-17-13-18-14-19(7-8-21(18)20(17)5-3-1)24-15-16-6-9-22-23(12-16)26-11-10-25-22/h1-2,4-9,12,14,24H,3,10-11,13,15H2. The van der Waals surface area contributed by atoms with Crippen LogP contribution in [0, 0.1) is 0 Å². The average molecular weight is 343 g/mol. The molecule has 1 N–H and O–H groups in total. The van der Waals surface area contributed by atoms with Crippen molar-refractivity contribution in [2.75, 3.05) is 18.5 Å². The molecule has 2 aromatic carbocycles. The monoisotopic (exact) mass is 343 g/mol. The molecule has 0 aromatic heterocycles. The number of rotatable bonds is 3. The molecule has 130 valence electrons. The Morgan fingerprint density at radius 2 is 1.88 bits per heavy atom. The van der Waals surface area contributed by atoms with Gasteiger partial charge in [-0.3, -0.25) is 0 Å². The fraction of sp³-hybridized carbons (Fsp3) is 0.217. The first-order valence-electron chi connectivity index (χ1n) is 9.19. The van der Waals surface area contributed by atoms with Crippen LogP contribution in [0.15, 0.2) is 66.3 Å².